The molecule has 22 heavy (non-hydrogen) atoms. The van der Waals surface area contributed by atoms with Gasteiger partial charge in [-0.3, -0.25) is 0 Å². The molecule has 1 N–H and O–H groups in total. The quantitative estimate of drug-likeness (QED) is 0.605. The van der Waals surface area contributed by atoms with Crippen molar-refractivity contribution in [2.24, 2.45) is 0 Å². The number of nitrogens with zero attached hydrogens (tertiary/aromatic N) is 1. The van der Waals surface area contributed by atoms with Crippen LogP contribution < -0.4 is 15.0 Å². The Labute approximate surface area is 137 Å². The Hall–Kier alpha value is -1.22. The van der Waals surface area contributed by atoms with Gasteiger partial charge in [0.1, 0.15) is 5.75 Å². The summed E-state index contributed by atoms with van der Waals surface area (Å²) in [6.07, 6.45) is 3.79. The number of unbranched alkanes of at least 4 members (excludes halogenated alkanes) is 1. The normalized spacial score (nSPS) is 11.0. The summed E-state index contributed by atoms with van der Waals surface area (Å²) in [5.74, 6) is 1.02. The molecular weight excluding hydrogens is 272 g/mol. The van der Waals surface area contributed by atoms with Crippen molar-refractivity contribution in [2.75, 3.05) is 24.5 Å². The van der Waals surface area contributed by atoms with Crippen molar-refractivity contribution in [1.82, 2.24) is 5.32 Å². The Morgan fingerprint density at radius 1 is 1.14 bits per heavy atom. The van der Waals surface area contributed by atoms with Crippen LogP contribution >= 0.6 is 0 Å². The zero-order valence-corrected chi connectivity index (χ0v) is 15.1. The van der Waals surface area contributed by atoms with E-state index in [9.17, 15) is 0 Å². The van der Waals surface area contributed by atoms with Crippen LogP contribution in [0.25, 0.3) is 0 Å². The smallest absolute Gasteiger partial charge is 0.143 e. The molecule has 1 aromatic carbocycles. The van der Waals surface area contributed by atoms with Gasteiger partial charge in [-0.05, 0) is 57.9 Å². The lowest BCUT2D eigenvalue weighted by molar-refractivity contribution is 0.242. The van der Waals surface area contributed by atoms with E-state index in [1.54, 1.807) is 0 Å². The Bertz CT molecular complexity index is 418. The first-order chi connectivity index (χ1) is 10.6. The molecule has 0 aliphatic carbocycles. The summed E-state index contributed by atoms with van der Waals surface area (Å²) >= 11 is 0. The molecule has 1 aromatic rings. The largest absolute Gasteiger partial charge is 0.489 e. The van der Waals surface area contributed by atoms with Crippen molar-refractivity contribution in [3.8, 4) is 5.75 Å². The highest BCUT2D eigenvalue weighted by Crippen LogP contribution is 2.31. The third kappa shape index (κ3) is 6.27. The van der Waals surface area contributed by atoms with Gasteiger partial charge in [0, 0.05) is 19.6 Å². The molecule has 126 valence electrons. The van der Waals surface area contributed by atoms with Crippen molar-refractivity contribution in [3.05, 3.63) is 23.8 Å². The van der Waals surface area contributed by atoms with Crippen LogP contribution in [0, 0.1) is 0 Å². The average molecular weight is 306 g/mol. The van der Waals surface area contributed by atoms with Gasteiger partial charge in [-0.15, -0.1) is 0 Å². The second-order valence-corrected chi connectivity index (χ2v) is 6.08. The monoisotopic (exact) mass is 306 g/mol. The zero-order valence-electron chi connectivity index (χ0n) is 15.1. The Kier molecular flexibility index (Phi) is 8.98. The summed E-state index contributed by atoms with van der Waals surface area (Å²) < 4.78 is 6.09. The maximum Gasteiger partial charge on any atom is 0.143 e. The Morgan fingerprint density at radius 2 is 1.91 bits per heavy atom. The maximum atomic E-state index is 6.09. The molecule has 0 aliphatic rings. The van der Waals surface area contributed by atoms with Crippen LogP contribution in [-0.4, -0.2) is 25.7 Å². The van der Waals surface area contributed by atoms with Gasteiger partial charge < -0.3 is 15.0 Å². The summed E-state index contributed by atoms with van der Waals surface area (Å²) in [6, 6.07) is 6.65. The minimum atomic E-state index is 0.197. The molecule has 0 saturated carbocycles. The predicted molar refractivity (Wildman–Crippen MR) is 97.0 cm³/mol. The van der Waals surface area contributed by atoms with E-state index in [-0.39, 0.29) is 6.10 Å². The van der Waals surface area contributed by atoms with Crippen molar-refractivity contribution in [3.63, 3.8) is 0 Å². The van der Waals surface area contributed by atoms with E-state index in [4.69, 9.17) is 4.74 Å². The Morgan fingerprint density at radius 3 is 2.50 bits per heavy atom. The topological polar surface area (TPSA) is 24.5 Å². The molecule has 1 rings (SSSR count). The number of hydrogen-bond acceptors (Lipinski definition) is 3. The number of benzene rings is 1. The Balaban J connectivity index is 2.93. The van der Waals surface area contributed by atoms with Crippen LogP contribution in [0.15, 0.2) is 18.2 Å². The fourth-order valence-corrected chi connectivity index (χ4v) is 2.49. The summed E-state index contributed by atoms with van der Waals surface area (Å²) in [5.41, 5.74) is 2.52. The van der Waals surface area contributed by atoms with Gasteiger partial charge in [0.2, 0.25) is 0 Å². The van der Waals surface area contributed by atoms with E-state index in [0.717, 1.165) is 38.3 Å². The lowest BCUT2D eigenvalue weighted by Crippen LogP contribution is -2.25. The summed E-state index contributed by atoms with van der Waals surface area (Å²) in [5, 5.41) is 3.46. The van der Waals surface area contributed by atoms with Gasteiger partial charge in [0.15, 0.2) is 0 Å². The lowest BCUT2D eigenvalue weighted by atomic mass is 10.1. The molecule has 0 spiro atoms. The molecule has 0 bridgehead atoms. The SMILES string of the molecule is CCCCN(CC)c1ccc(CNCCC)cc1OC(C)C. The van der Waals surface area contributed by atoms with E-state index in [1.165, 1.54) is 24.1 Å². The number of ether oxygens (including phenoxy) is 1. The van der Waals surface area contributed by atoms with Crippen molar-refractivity contribution < 1.29 is 4.74 Å². The molecular formula is C19H34N2O. The number of nitrogens with one attached hydrogen (secondary N) is 1. The predicted octanol–water partition coefficient (Wildman–Crippen LogP) is 4.60. The van der Waals surface area contributed by atoms with Crippen molar-refractivity contribution in [1.29, 1.82) is 0 Å². The van der Waals surface area contributed by atoms with E-state index < -0.39 is 0 Å². The van der Waals surface area contributed by atoms with Crippen LogP contribution in [0.4, 0.5) is 5.69 Å². The number of rotatable bonds is 11. The second-order valence-electron chi connectivity index (χ2n) is 6.08. The fourth-order valence-electron chi connectivity index (χ4n) is 2.49. The third-order valence-corrected chi connectivity index (χ3v) is 3.65. The van der Waals surface area contributed by atoms with Crippen molar-refractivity contribution in [2.45, 2.75) is 66.5 Å². The van der Waals surface area contributed by atoms with Gasteiger partial charge in [-0.2, -0.15) is 0 Å². The van der Waals surface area contributed by atoms with Gasteiger partial charge in [0.05, 0.1) is 11.8 Å². The minimum Gasteiger partial charge on any atom is -0.489 e. The van der Waals surface area contributed by atoms with Gasteiger partial charge in [-0.1, -0.05) is 26.3 Å². The third-order valence-electron chi connectivity index (χ3n) is 3.65. The minimum absolute atomic E-state index is 0.197. The molecule has 0 unspecified atom stereocenters. The second kappa shape index (κ2) is 10.5. The first-order valence-corrected chi connectivity index (χ1v) is 8.87. The number of anilines is 1. The molecule has 0 fully saturated rings. The molecule has 3 heteroatoms. The van der Waals surface area contributed by atoms with E-state index in [0.29, 0.717) is 0 Å². The van der Waals surface area contributed by atoms with E-state index >= 15 is 0 Å². The van der Waals surface area contributed by atoms with Gasteiger partial charge in [-0.25, -0.2) is 0 Å². The molecule has 0 atom stereocenters. The fraction of sp³-hybridized carbons (Fsp3) is 0.684. The summed E-state index contributed by atoms with van der Waals surface area (Å²) in [7, 11) is 0. The summed E-state index contributed by atoms with van der Waals surface area (Å²) in [6.45, 7) is 14.9. The highest BCUT2D eigenvalue weighted by molar-refractivity contribution is 5.60. The molecule has 0 saturated heterocycles. The highest BCUT2D eigenvalue weighted by Gasteiger charge is 2.13. The molecule has 3 nitrogen and oxygen atoms in total. The highest BCUT2D eigenvalue weighted by atomic mass is 16.5. The lowest BCUT2D eigenvalue weighted by Gasteiger charge is -2.27. The number of hydrogen-bond donors (Lipinski definition) is 1. The van der Waals surface area contributed by atoms with Gasteiger partial charge in [0.25, 0.3) is 0 Å². The molecule has 0 amide bonds. The molecule has 0 heterocycles. The first kappa shape index (κ1) is 18.8. The van der Waals surface area contributed by atoms with Crippen LogP contribution in [-0.2, 0) is 6.54 Å². The standard InChI is InChI=1S/C19H34N2O/c1-6-9-13-21(8-3)18-11-10-17(15-20-12-7-2)14-19(18)22-16(4)5/h10-11,14,16,20H,6-9,12-13,15H2,1-5H3. The summed E-state index contributed by atoms with van der Waals surface area (Å²) in [4.78, 5) is 2.42. The van der Waals surface area contributed by atoms with Crippen LogP contribution in [0.1, 0.15) is 59.4 Å². The first-order valence-electron chi connectivity index (χ1n) is 8.87. The molecule has 0 radical (unpaired) electrons. The van der Waals surface area contributed by atoms with E-state index in [2.05, 4.69) is 63.0 Å². The van der Waals surface area contributed by atoms with Crippen LogP contribution in [0.2, 0.25) is 0 Å². The van der Waals surface area contributed by atoms with Gasteiger partial charge >= 0.3 is 0 Å². The zero-order chi connectivity index (χ0) is 16.4. The van der Waals surface area contributed by atoms with Crippen LogP contribution in [0.5, 0.6) is 5.75 Å². The van der Waals surface area contributed by atoms with Crippen molar-refractivity contribution >= 4 is 5.69 Å². The molecule has 0 aromatic heterocycles. The average Bonchev–Trinajstić information content (AvgIpc) is 2.49. The van der Waals surface area contributed by atoms with E-state index in [1.807, 2.05) is 0 Å². The van der Waals surface area contributed by atoms with Crippen LogP contribution in [0.3, 0.4) is 0 Å². The molecule has 0 aliphatic heterocycles. The maximum absolute atomic E-state index is 6.09.